The molecular weight excluding hydrogens is 473 g/mol. The summed E-state index contributed by atoms with van der Waals surface area (Å²) in [6.45, 7) is 2.46. The smallest absolute Gasteiger partial charge is 0.436 e. The zero-order valence-electron chi connectivity index (χ0n) is 17.9. The summed E-state index contributed by atoms with van der Waals surface area (Å²) in [5.41, 5.74) is -0.390. The number of alkyl halides is 3. The summed E-state index contributed by atoms with van der Waals surface area (Å²) in [6.07, 6.45) is -4.82. The van der Waals surface area contributed by atoms with Gasteiger partial charge < -0.3 is 15.3 Å². The molecule has 0 fully saturated rings. The predicted molar refractivity (Wildman–Crippen MR) is 119 cm³/mol. The zero-order chi connectivity index (χ0) is 24.6. The fraction of sp³-hybridized carbons (Fsp3) is 0.261. The maximum atomic E-state index is 13.8. The van der Waals surface area contributed by atoms with Crippen LogP contribution in [0.15, 0.2) is 48.5 Å². The molecule has 0 unspecified atom stereocenters. The highest BCUT2D eigenvalue weighted by Gasteiger charge is 2.44. The van der Waals surface area contributed by atoms with Gasteiger partial charge in [0.05, 0.1) is 18.2 Å². The normalized spacial score (nSPS) is 14.1. The third-order valence-electron chi connectivity index (χ3n) is 5.57. The molecule has 1 atom stereocenters. The van der Waals surface area contributed by atoms with Crippen molar-refractivity contribution in [1.82, 2.24) is 15.1 Å². The maximum absolute atomic E-state index is 13.8. The lowest BCUT2D eigenvalue weighted by Crippen LogP contribution is -2.31. The van der Waals surface area contributed by atoms with E-state index in [0.29, 0.717) is 17.1 Å². The second kappa shape index (κ2) is 9.02. The Morgan fingerprint density at radius 3 is 2.50 bits per heavy atom. The second-order valence-electron chi connectivity index (χ2n) is 7.94. The molecule has 0 aliphatic carbocycles. The van der Waals surface area contributed by atoms with Crippen LogP contribution in [-0.4, -0.2) is 33.3 Å². The number of anilines is 1. The third kappa shape index (κ3) is 4.72. The molecule has 2 heterocycles. The van der Waals surface area contributed by atoms with E-state index in [0.717, 1.165) is 5.56 Å². The van der Waals surface area contributed by atoms with Gasteiger partial charge in [0.25, 0.3) is 5.91 Å². The van der Waals surface area contributed by atoms with Crippen LogP contribution in [-0.2, 0) is 19.3 Å². The van der Waals surface area contributed by atoms with E-state index in [2.05, 4.69) is 10.4 Å². The maximum Gasteiger partial charge on any atom is 0.436 e. The summed E-state index contributed by atoms with van der Waals surface area (Å²) in [5, 5.41) is 15.8. The van der Waals surface area contributed by atoms with E-state index < -0.39 is 35.4 Å². The Morgan fingerprint density at radius 2 is 1.88 bits per heavy atom. The van der Waals surface area contributed by atoms with Gasteiger partial charge in [0, 0.05) is 18.1 Å². The lowest BCUT2D eigenvalue weighted by atomic mass is 10.1. The van der Waals surface area contributed by atoms with Crippen molar-refractivity contribution in [3.8, 4) is 0 Å². The number of aromatic nitrogens is 2. The van der Waals surface area contributed by atoms with Crippen molar-refractivity contribution in [3.05, 3.63) is 81.5 Å². The number of rotatable bonds is 6. The summed E-state index contributed by atoms with van der Waals surface area (Å²) in [5.74, 6) is -1.92. The summed E-state index contributed by atoms with van der Waals surface area (Å²) in [7, 11) is 0. The predicted octanol–water partition coefficient (Wildman–Crippen LogP) is 4.76. The molecule has 11 heteroatoms. The topological polar surface area (TPSA) is 87.5 Å². The Hall–Kier alpha value is -3.53. The van der Waals surface area contributed by atoms with Crippen LogP contribution < -0.4 is 10.2 Å². The van der Waals surface area contributed by atoms with E-state index in [9.17, 15) is 22.8 Å². The summed E-state index contributed by atoms with van der Waals surface area (Å²) in [6, 6.07) is 12.0. The van der Waals surface area contributed by atoms with Crippen LogP contribution in [0.4, 0.5) is 19.0 Å². The van der Waals surface area contributed by atoms with E-state index in [1.54, 1.807) is 36.1 Å². The van der Waals surface area contributed by atoms with Crippen molar-refractivity contribution < 1.29 is 27.9 Å². The number of carboxylic acids is 1. The van der Waals surface area contributed by atoms with E-state index >= 15 is 0 Å². The first-order valence-corrected chi connectivity index (χ1v) is 10.7. The quantitative estimate of drug-likeness (QED) is 0.518. The van der Waals surface area contributed by atoms with Crippen molar-refractivity contribution in [3.63, 3.8) is 0 Å². The van der Waals surface area contributed by atoms with Gasteiger partial charge in [0.1, 0.15) is 11.4 Å². The summed E-state index contributed by atoms with van der Waals surface area (Å²) in [4.78, 5) is 25.9. The second-order valence-corrected chi connectivity index (χ2v) is 8.38. The third-order valence-corrected chi connectivity index (χ3v) is 5.81. The molecule has 178 valence electrons. The molecule has 1 aliphatic rings. The summed E-state index contributed by atoms with van der Waals surface area (Å²) >= 11 is 6.04. The Balaban J connectivity index is 1.65. The molecule has 2 N–H and O–H groups in total. The van der Waals surface area contributed by atoms with Gasteiger partial charge in [-0.3, -0.25) is 4.79 Å². The molecule has 2 aromatic carbocycles. The number of carbonyl (C=O) groups excluding carboxylic acids is 1. The average molecular weight is 493 g/mol. The lowest BCUT2D eigenvalue weighted by molar-refractivity contribution is -0.141. The first-order valence-electron chi connectivity index (χ1n) is 10.4. The molecule has 1 amide bonds. The lowest BCUT2D eigenvalue weighted by Gasteiger charge is -2.21. The van der Waals surface area contributed by atoms with E-state index in [-0.39, 0.29) is 24.5 Å². The number of benzene rings is 2. The summed E-state index contributed by atoms with van der Waals surface area (Å²) < 4.78 is 42.6. The minimum absolute atomic E-state index is 0.0627. The monoisotopic (exact) mass is 492 g/mol. The molecule has 0 saturated heterocycles. The van der Waals surface area contributed by atoms with E-state index in [1.807, 2.05) is 0 Å². The van der Waals surface area contributed by atoms with E-state index in [1.165, 1.54) is 28.9 Å². The minimum atomic E-state index is -4.82. The van der Waals surface area contributed by atoms with Crippen LogP contribution in [0, 0.1) is 0 Å². The van der Waals surface area contributed by atoms with Gasteiger partial charge >= 0.3 is 12.1 Å². The number of aromatic carboxylic acids is 1. The van der Waals surface area contributed by atoms with Gasteiger partial charge in [-0.15, -0.1) is 0 Å². The van der Waals surface area contributed by atoms with Gasteiger partial charge in [0.2, 0.25) is 0 Å². The van der Waals surface area contributed by atoms with Gasteiger partial charge in [-0.05, 0) is 42.3 Å². The number of amides is 1. The highest BCUT2D eigenvalue weighted by Crippen LogP contribution is 2.38. The average Bonchev–Trinajstić information content (AvgIpc) is 3.34. The van der Waals surface area contributed by atoms with Crippen LogP contribution in [0.5, 0.6) is 0 Å². The number of carboxylic acid groups (broad SMARTS) is 1. The van der Waals surface area contributed by atoms with Gasteiger partial charge in [0.15, 0.2) is 5.69 Å². The first kappa shape index (κ1) is 23.6. The number of nitrogens with one attached hydrogen (secondary N) is 1. The largest absolute Gasteiger partial charge is 0.478 e. The molecule has 0 radical (unpaired) electrons. The Kier molecular flexibility index (Phi) is 6.26. The molecule has 3 aromatic rings. The highest BCUT2D eigenvalue weighted by atomic mass is 35.5. The number of nitrogens with zero attached hydrogens (tertiary/aromatic N) is 3. The van der Waals surface area contributed by atoms with E-state index in [4.69, 9.17) is 16.7 Å². The van der Waals surface area contributed by atoms with Crippen LogP contribution in [0.25, 0.3) is 0 Å². The van der Waals surface area contributed by atoms with Crippen molar-refractivity contribution in [1.29, 1.82) is 0 Å². The van der Waals surface area contributed by atoms with Crippen molar-refractivity contribution in [2.45, 2.75) is 32.2 Å². The van der Waals surface area contributed by atoms with Crippen LogP contribution in [0.1, 0.15) is 50.5 Å². The fourth-order valence-corrected chi connectivity index (χ4v) is 4.15. The van der Waals surface area contributed by atoms with Crippen LogP contribution in [0.2, 0.25) is 5.02 Å². The molecule has 1 aromatic heterocycles. The molecule has 0 bridgehead atoms. The van der Waals surface area contributed by atoms with Gasteiger partial charge in [-0.1, -0.05) is 35.9 Å². The standard InChI is InChI=1S/C23H20ClF3N4O3/c1-13(15-5-7-16(8-6-15)22(33)34)28-20(32)18-19(23(25,26)27)29-31-10-9-30(21(18)31)12-14-3-2-4-17(24)11-14/h2-8,11,13H,9-10,12H2,1H3,(H,28,32)(H,33,34)/t13-/m0/s1. The van der Waals surface area contributed by atoms with Crippen molar-refractivity contribution in [2.75, 3.05) is 11.4 Å². The van der Waals surface area contributed by atoms with Gasteiger partial charge in [-0.25, -0.2) is 9.48 Å². The number of hydrogen-bond acceptors (Lipinski definition) is 4. The molecule has 0 spiro atoms. The van der Waals surface area contributed by atoms with Crippen LogP contribution >= 0.6 is 11.6 Å². The molecule has 7 nitrogen and oxygen atoms in total. The molecule has 0 saturated carbocycles. The highest BCUT2D eigenvalue weighted by molar-refractivity contribution is 6.30. The molecular formula is C23H20ClF3N4O3. The Labute approximate surface area is 197 Å². The van der Waals surface area contributed by atoms with Gasteiger partial charge in [-0.2, -0.15) is 18.3 Å². The molecule has 34 heavy (non-hydrogen) atoms. The minimum Gasteiger partial charge on any atom is -0.478 e. The van der Waals surface area contributed by atoms with Crippen LogP contribution in [0.3, 0.4) is 0 Å². The number of hydrogen-bond donors (Lipinski definition) is 2. The molecule has 1 aliphatic heterocycles. The molecule has 4 rings (SSSR count). The number of carbonyl (C=O) groups is 2. The zero-order valence-corrected chi connectivity index (χ0v) is 18.7. The van der Waals surface area contributed by atoms with Crippen molar-refractivity contribution in [2.24, 2.45) is 0 Å². The fourth-order valence-electron chi connectivity index (χ4n) is 3.94. The SMILES string of the molecule is C[C@H](NC(=O)c1c(C(F)(F)F)nn2c1N(Cc1cccc(Cl)c1)CC2)c1ccc(C(=O)O)cc1. The Morgan fingerprint density at radius 1 is 1.18 bits per heavy atom. The Bertz CT molecular complexity index is 1240. The number of fused-ring (bicyclic) bond motifs is 1. The number of halogens is 4. The first-order chi connectivity index (χ1) is 16.0. The van der Waals surface area contributed by atoms with Crippen molar-refractivity contribution >= 4 is 29.3 Å².